The highest BCUT2D eigenvalue weighted by Crippen LogP contribution is 2.26. The smallest absolute Gasteiger partial charge is 0.327 e. The van der Waals surface area contributed by atoms with E-state index in [9.17, 15) is 23.1 Å². The fourth-order valence-electron chi connectivity index (χ4n) is 3.05. The van der Waals surface area contributed by atoms with Crippen LogP contribution in [-0.2, 0) is 14.8 Å². The Labute approximate surface area is 155 Å². The number of nitrogens with zero attached hydrogens (tertiary/aromatic N) is 2. The number of aliphatic carboxylic acids is 1. The minimum atomic E-state index is -3.83. The Morgan fingerprint density at radius 2 is 1.81 bits per heavy atom. The van der Waals surface area contributed by atoms with Crippen molar-refractivity contribution in [1.29, 1.82) is 0 Å². The van der Waals surface area contributed by atoms with Crippen molar-refractivity contribution in [2.24, 2.45) is 0 Å². The maximum Gasteiger partial charge on any atom is 0.327 e. The Hall–Kier alpha value is -2.23. The van der Waals surface area contributed by atoms with Gasteiger partial charge in [0.15, 0.2) is 0 Å². The molecule has 138 valence electrons. The molecule has 26 heavy (non-hydrogen) atoms. The van der Waals surface area contributed by atoms with E-state index in [1.165, 1.54) is 28.4 Å². The Morgan fingerprint density at radius 1 is 1.12 bits per heavy atom. The molecule has 1 aliphatic rings. The predicted molar refractivity (Wildman–Crippen MR) is 96.6 cm³/mol. The molecular weight excluding hydrogens is 376 g/mol. The van der Waals surface area contributed by atoms with Gasteiger partial charge in [0.05, 0.1) is 9.77 Å². The van der Waals surface area contributed by atoms with E-state index in [2.05, 4.69) is 0 Å². The Morgan fingerprint density at radius 3 is 2.38 bits per heavy atom. The van der Waals surface area contributed by atoms with Gasteiger partial charge in [-0.3, -0.25) is 4.79 Å². The topological polar surface area (TPSA) is 95.0 Å². The van der Waals surface area contributed by atoms with E-state index in [1.807, 2.05) is 0 Å². The molecule has 2 aromatic rings. The van der Waals surface area contributed by atoms with E-state index in [1.54, 1.807) is 42.6 Å². The van der Waals surface area contributed by atoms with Crippen LogP contribution in [-0.4, -0.2) is 59.8 Å². The number of thiophene rings is 1. The second-order valence-corrected chi connectivity index (χ2v) is 8.91. The van der Waals surface area contributed by atoms with E-state index < -0.39 is 34.0 Å². The maximum atomic E-state index is 12.8. The number of carbonyl (C=O) groups excluding carboxylic acids is 1. The van der Waals surface area contributed by atoms with Crippen LogP contribution in [0, 0.1) is 0 Å². The molecule has 2 unspecified atom stereocenters. The number of sulfonamides is 1. The van der Waals surface area contributed by atoms with Gasteiger partial charge in [-0.25, -0.2) is 13.2 Å². The van der Waals surface area contributed by atoms with Crippen molar-refractivity contribution in [1.82, 2.24) is 9.21 Å². The monoisotopic (exact) mass is 394 g/mol. The average molecular weight is 394 g/mol. The number of carboxylic acid groups (broad SMARTS) is 1. The summed E-state index contributed by atoms with van der Waals surface area (Å²) in [5.41, 5.74) is 0. The van der Waals surface area contributed by atoms with Crippen LogP contribution < -0.4 is 0 Å². The summed E-state index contributed by atoms with van der Waals surface area (Å²) in [5, 5.41) is 11.4. The second-order valence-electron chi connectivity index (χ2n) is 6.03. The SMILES string of the molecule is CC1CN(S(=O)(=O)c2ccccc2)CC(C(=O)O)N1C(=O)c1cccs1. The summed E-state index contributed by atoms with van der Waals surface area (Å²) >= 11 is 1.23. The van der Waals surface area contributed by atoms with E-state index in [0.717, 1.165) is 4.31 Å². The number of carbonyl (C=O) groups is 2. The van der Waals surface area contributed by atoms with Crippen LogP contribution in [0.15, 0.2) is 52.7 Å². The molecule has 1 N–H and O–H groups in total. The molecule has 1 aromatic carbocycles. The first-order valence-electron chi connectivity index (χ1n) is 7.96. The molecule has 0 saturated carbocycles. The lowest BCUT2D eigenvalue weighted by molar-refractivity contribution is -0.144. The highest BCUT2D eigenvalue weighted by atomic mass is 32.2. The molecule has 0 bridgehead atoms. The van der Waals surface area contributed by atoms with Crippen LogP contribution in [0.5, 0.6) is 0 Å². The van der Waals surface area contributed by atoms with Crippen molar-refractivity contribution in [3.63, 3.8) is 0 Å². The van der Waals surface area contributed by atoms with Gasteiger partial charge in [-0.2, -0.15) is 4.31 Å². The van der Waals surface area contributed by atoms with E-state index in [-0.39, 0.29) is 18.0 Å². The van der Waals surface area contributed by atoms with Crippen molar-refractivity contribution >= 4 is 33.2 Å². The molecular formula is C17H18N2O5S2. The Kier molecular flexibility index (Phi) is 5.12. The summed E-state index contributed by atoms with van der Waals surface area (Å²) in [6.07, 6.45) is 0. The second kappa shape index (κ2) is 7.18. The van der Waals surface area contributed by atoms with Crippen molar-refractivity contribution in [3.05, 3.63) is 52.7 Å². The van der Waals surface area contributed by atoms with Gasteiger partial charge in [0, 0.05) is 19.1 Å². The minimum absolute atomic E-state index is 0.0398. The Balaban J connectivity index is 1.92. The molecule has 1 aliphatic heterocycles. The van der Waals surface area contributed by atoms with Crippen LogP contribution in [0.1, 0.15) is 16.6 Å². The lowest BCUT2D eigenvalue weighted by Crippen LogP contribution is -2.63. The molecule has 2 atom stereocenters. The number of hydrogen-bond donors (Lipinski definition) is 1. The first kappa shape index (κ1) is 18.6. The van der Waals surface area contributed by atoms with Crippen LogP contribution in [0.4, 0.5) is 0 Å². The largest absolute Gasteiger partial charge is 0.480 e. The van der Waals surface area contributed by atoms with Crippen molar-refractivity contribution in [3.8, 4) is 0 Å². The highest BCUT2D eigenvalue weighted by molar-refractivity contribution is 7.89. The summed E-state index contributed by atoms with van der Waals surface area (Å²) in [6.45, 7) is 1.42. The fourth-order valence-corrected chi connectivity index (χ4v) is 5.27. The van der Waals surface area contributed by atoms with Crippen molar-refractivity contribution < 1.29 is 23.1 Å². The van der Waals surface area contributed by atoms with Crippen LogP contribution in [0.2, 0.25) is 0 Å². The van der Waals surface area contributed by atoms with Crippen molar-refractivity contribution in [2.75, 3.05) is 13.1 Å². The molecule has 9 heteroatoms. The fraction of sp³-hybridized carbons (Fsp3) is 0.294. The number of rotatable bonds is 4. The van der Waals surface area contributed by atoms with Gasteiger partial charge in [0.25, 0.3) is 5.91 Å². The highest BCUT2D eigenvalue weighted by Gasteiger charge is 2.43. The third kappa shape index (κ3) is 3.37. The quantitative estimate of drug-likeness (QED) is 0.852. The third-order valence-electron chi connectivity index (χ3n) is 4.29. The Bertz CT molecular complexity index is 896. The molecule has 1 fully saturated rings. The maximum absolute atomic E-state index is 12.8. The number of hydrogen-bond acceptors (Lipinski definition) is 5. The number of piperazine rings is 1. The molecule has 0 radical (unpaired) electrons. The summed E-state index contributed by atoms with van der Waals surface area (Å²) in [6, 6.07) is 9.41. The van der Waals surface area contributed by atoms with E-state index >= 15 is 0 Å². The molecule has 1 amide bonds. The number of carboxylic acids is 1. The molecule has 2 heterocycles. The molecule has 1 aromatic heterocycles. The number of benzene rings is 1. The number of amides is 1. The van der Waals surface area contributed by atoms with Crippen LogP contribution >= 0.6 is 11.3 Å². The van der Waals surface area contributed by atoms with Gasteiger partial charge >= 0.3 is 5.97 Å². The molecule has 1 saturated heterocycles. The standard InChI is InChI=1S/C17H18N2O5S2/c1-12-10-18(26(23,24)13-6-3-2-4-7-13)11-14(17(21)22)19(12)16(20)15-8-5-9-25-15/h2-9,12,14H,10-11H2,1H3,(H,21,22). The molecule has 0 spiro atoms. The predicted octanol–water partition coefficient (Wildman–Crippen LogP) is 1.74. The molecule has 3 rings (SSSR count). The zero-order valence-corrected chi connectivity index (χ0v) is 15.6. The van der Waals surface area contributed by atoms with Crippen LogP contribution in [0.25, 0.3) is 0 Å². The van der Waals surface area contributed by atoms with Crippen molar-refractivity contribution in [2.45, 2.75) is 23.9 Å². The third-order valence-corrected chi connectivity index (χ3v) is 6.99. The van der Waals surface area contributed by atoms with E-state index in [4.69, 9.17) is 0 Å². The molecule has 0 aliphatic carbocycles. The normalized spacial score (nSPS) is 21.5. The van der Waals surface area contributed by atoms with Gasteiger partial charge in [-0.05, 0) is 30.5 Å². The first-order chi connectivity index (χ1) is 12.3. The average Bonchev–Trinajstić information content (AvgIpc) is 3.15. The summed E-state index contributed by atoms with van der Waals surface area (Å²) < 4.78 is 26.8. The van der Waals surface area contributed by atoms with Gasteiger partial charge in [-0.1, -0.05) is 24.3 Å². The van der Waals surface area contributed by atoms with Crippen LogP contribution in [0.3, 0.4) is 0 Å². The van der Waals surface area contributed by atoms with Gasteiger partial charge in [0.1, 0.15) is 6.04 Å². The molecule has 7 nitrogen and oxygen atoms in total. The summed E-state index contributed by atoms with van der Waals surface area (Å²) in [7, 11) is -3.83. The lowest BCUT2D eigenvalue weighted by atomic mass is 10.1. The van der Waals surface area contributed by atoms with Gasteiger partial charge < -0.3 is 10.0 Å². The minimum Gasteiger partial charge on any atom is -0.480 e. The summed E-state index contributed by atoms with van der Waals surface area (Å²) in [5.74, 6) is -1.62. The zero-order chi connectivity index (χ0) is 18.9. The summed E-state index contributed by atoms with van der Waals surface area (Å²) in [4.78, 5) is 26.3. The van der Waals surface area contributed by atoms with Gasteiger partial charge in [0.2, 0.25) is 10.0 Å². The lowest BCUT2D eigenvalue weighted by Gasteiger charge is -2.42. The zero-order valence-electron chi connectivity index (χ0n) is 14.0. The van der Waals surface area contributed by atoms with E-state index in [0.29, 0.717) is 4.88 Å². The first-order valence-corrected chi connectivity index (χ1v) is 10.3. The van der Waals surface area contributed by atoms with Gasteiger partial charge in [-0.15, -0.1) is 11.3 Å².